The Morgan fingerprint density at radius 1 is 1.64 bits per heavy atom. The highest BCUT2D eigenvalue weighted by Crippen LogP contribution is 2.17. The van der Waals surface area contributed by atoms with Crippen LogP contribution in [0.3, 0.4) is 0 Å². The van der Waals surface area contributed by atoms with Gasteiger partial charge >= 0.3 is 5.97 Å². The summed E-state index contributed by atoms with van der Waals surface area (Å²) in [7, 11) is 0. The van der Waals surface area contributed by atoms with Crippen molar-refractivity contribution in [2.75, 3.05) is 17.6 Å². The molecule has 1 aromatic carbocycles. The molecule has 14 heavy (non-hydrogen) atoms. The maximum absolute atomic E-state index is 10.3. The number of hydrogen-bond acceptors (Lipinski definition) is 4. The molecule has 0 saturated carbocycles. The normalized spacial score (nSPS) is 9.07. The zero-order valence-electron chi connectivity index (χ0n) is 7.32. The molecule has 0 atom stereocenters. The fourth-order valence-corrected chi connectivity index (χ4v) is 0.979. The molecule has 0 saturated heterocycles. The van der Waals surface area contributed by atoms with E-state index in [1.807, 2.05) is 6.07 Å². The first kappa shape index (κ1) is 9.86. The first-order valence-corrected chi connectivity index (χ1v) is 3.89. The van der Waals surface area contributed by atoms with Gasteiger partial charge in [-0.1, -0.05) is 0 Å². The average molecular weight is 191 g/mol. The monoisotopic (exact) mass is 191 g/mol. The number of nitrogens with one attached hydrogen (secondary N) is 1. The van der Waals surface area contributed by atoms with Gasteiger partial charge in [0.1, 0.15) is 12.6 Å². The first-order valence-electron chi connectivity index (χ1n) is 3.89. The zero-order valence-corrected chi connectivity index (χ0v) is 7.32. The second-order valence-corrected chi connectivity index (χ2v) is 2.66. The largest absolute Gasteiger partial charge is 0.480 e. The van der Waals surface area contributed by atoms with Crippen molar-refractivity contribution in [2.24, 2.45) is 0 Å². The van der Waals surface area contributed by atoms with Gasteiger partial charge in [-0.15, -0.1) is 0 Å². The Bertz CT molecular complexity index is 396. The van der Waals surface area contributed by atoms with Crippen LogP contribution in [0.2, 0.25) is 0 Å². The number of anilines is 2. The van der Waals surface area contributed by atoms with Crippen LogP contribution < -0.4 is 11.1 Å². The molecule has 5 nitrogen and oxygen atoms in total. The third kappa shape index (κ3) is 2.38. The van der Waals surface area contributed by atoms with Crippen LogP contribution in [0, 0.1) is 11.3 Å². The van der Waals surface area contributed by atoms with Crippen LogP contribution in [-0.4, -0.2) is 17.6 Å². The third-order valence-electron chi connectivity index (χ3n) is 1.59. The average Bonchev–Trinajstić information content (AvgIpc) is 2.15. The summed E-state index contributed by atoms with van der Waals surface area (Å²) < 4.78 is 0. The maximum atomic E-state index is 10.3. The minimum absolute atomic E-state index is 0.224. The Morgan fingerprint density at radius 2 is 2.36 bits per heavy atom. The number of aliphatic carboxylic acids is 1. The van der Waals surface area contributed by atoms with Crippen molar-refractivity contribution in [3.05, 3.63) is 23.8 Å². The van der Waals surface area contributed by atoms with Crippen molar-refractivity contribution in [3.63, 3.8) is 0 Å². The number of nitrogen functional groups attached to an aromatic ring is 1. The van der Waals surface area contributed by atoms with E-state index in [9.17, 15) is 4.79 Å². The SMILES string of the molecule is N#Cc1cc(N)ccc1NCC(=O)O. The Morgan fingerprint density at radius 3 is 2.93 bits per heavy atom. The van der Waals surface area contributed by atoms with Gasteiger partial charge in [-0.2, -0.15) is 5.26 Å². The number of benzene rings is 1. The van der Waals surface area contributed by atoms with Crippen molar-refractivity contribution < 1.29 is 9.90 Å². The summed E-state index contributed by atoms with van der Waals surface area (Å²) in [6.07, 6.45) is 0. The van der Waals surface area contributed by atoms with Crippen LogP contribution in [0.15, 0.2) is 18.2 Å². The minimum atomic E-state index is -0.981. The molecule has 72 valence electrons. The van der Waals surface area contributed by atoms with Crippen molar-refractivity contribution in [3.8, 4) is 6.07 Å². The Labute approximate surface area is 80.8 Å². The van der Waals surface area contributed by atoms with E-state index in [-0.39, 0.29) is 6.54 Å². The van der Waals surface area contributed by atoms with Crippen LogP contribution in [-0.2, 0) is 4.79 Å². The number of rotatable bonds is 3. The summed E-state index contributed by atoms with van der Waals surface area (Å²) in [5, 5.41) is 19.8. The van der Waals surface area contributed by atoms with Gasteiger partial charge in [-0.05, 0) is 18.2 Å². The highest BCUT2D eigenvalue weighted by molar-refractivity contribution is 5.74. The topological polar surface area (TPSA) is 99.1 Å². The molecule has 0 aliphatic carbocycles. The van der Waals surface area contributed by atoms with E-state index in [0.29, 0.717) is 16.9 Å². The minimum Gasteiger partial charge on any atom is -0.480 e. The van der Waals surface area contributed by atoms with Crippen molar-refractivity contribution >= 4 is 17.3 Å². The predicted octanol–water partition coefficient (Wildman–Crippen LogP) is 0.637. The van der Waals surface area contributed by atoms with Gasteiger partial charge in [0, 0.05) is 5.69 Å². The molecule has 0 amide bonds. The van der Waals surface area contributed by atoms with E-state index in [1.54, 1.807) is 12.1 Å². The van der Waals surface area contributed by atoms with Gasteiger partial charge in [0.2, 0.25) is 0 Å². The smallest absolute Gasteiger partial charge is 0.322 e. The van der Waals surface area contributed by atoms with Gasteiger partial charge in [0.05, 0.1) is 11.3 Å². The summed E-state index contributed by atoms with van der Waals surface area (Å²) in [6, 6.07) is 6.60. The van der Waals surface area contributed by atoms with Crippen molar-refractivity contribution in [1.29, 1.82) is 5.26 Å². The Balaban J connectivity index is 2.87. The highest BCUT2D eigenvalue weighted by Gasteiger charge is 2.03. The predicted molar refractivity (Wildman–Crippen MR) is 51.7 cm³/mol. The summed E-state index contributed by atoms with van der Waals surface area (Å²) in [5.41, 5.74) is 6.75. The quantitative estimate of drug-likeness (QED) is 0.609. The number of carboxylic acids is 1. The fraction of sp³-hybridized carbons (Fsp3) is 0.111. The lowest BCUT2D eigenvalue weighted by Gasteiger charge is -2.05. The Hall–Kier alpha value is -2.22. The number of nitrogens with two attached hydrogens (primary N) is 1. The number of nitrogens with zero attached hydrogens (tertiary/aromatic N) is 1. The number of nitriles is 1. The summed E-state index contributed by atoms with van der Waals surface area (Å²) in [5.74, 6) is -0.981. The molecule has 0 aliphatic rings. The van der Waals surface area contributed by atoms with Crippen LogP contribution in [0.5, 0.6) is 0 Å². The highest BCUT2D eigenvalue weighted by atomic mass is 16.4. The summed E-state index contributed by atoms with van der Waals surface area (Å²) in [4.78, 5) is 10.3. The molecule has 0 unspecified atom stereocenters. The molecule has 0 aliphatic heterocycles. The summed E-state index contributed by atoms with van der Waals surface area (Å²) >= 11 is 0. The number of carbonyl (C=O) groups is 1. The molecule has 1 aromatic rings. The lowest BCUT2D eigenvalue weighted by atomic mass is 10.2. The third-order valence-corrected chi connectivity index (χ3v) is 1.59. The van der Waals surface area contributed by atoms with Crippen LogP contribution in [0.1, 0.15) is 5.56 Å². The van der Waals surface area contributed by atoms with E-state index in [2.05, 4.69) is 5.32 Å². The van der Waals surface area contributed by atoms with Crippen LogP contribution in [0.25, 0.3) is 0 Å². The fourth-order valence-electron chi connectivity index (χ4n) is 0.979. The lowest BCUT2D eigenvalue weighted by molar-refractivity contribution is -0.134. The standard InChI is InChI=1S/C9H9N3O2/c10-4-6-3-7(11)1-2-8(6)12-5-9(13)14/h1-3,12H,5,11H2,(H,13,14). The second kappa shape index (κ2) is 4.14. The molecule has 0 fully saturated rings. The molecule has 0 heterocycles. The van der Waals surface area contributed by atoms with Crippen LogP contribution in [0.4, 0.5) is 11.4 Å². The molecule has 0 bridgehead atoms. The van der Waals surface area contributed by atoms with Gasteiger partial charge in [0.15, 0.2) is 0 Å². The molecule has 5 heteroatoms. The number of hydrogen-bond donors (Lipinski definition) is 3. The molecule has 0 aromatic heterocycles. The van der Waals surface area contributed by atoms with Gasteiger partial charge in [-0.25, -0.2) is 0 Å². The van der Waals surface area contributed by atoms with Crippen molar-refractivity contribution in [2.45, 2.75) is 0 Å². The van der Waals surface area contributed by atoms with Gasteiger partial charge < -0.3 is 16.2 Å². The molecular weight excluding hydrogens is 182 g/mol. The van der Waals surface area contributed by atoms with Gasteiger partial charge in [0.25, 0.3) is 0 Å². The first-order chi connectivity index (χ1) is 6.63. The number of carboxylic acid groups (broad SMARTS) is 1. The van der Waals surface area contributed by atoms with E-state index >= 15 is 0 Å². The zero-order chi connectivity index (χ0) is 10.6. The van der Waals surface area contributed by atoms with Gasteiger partial charge in [-0.3, -0.25) is 4.79 Å². The summed E-state index contributed by atoms with van der Waals surface area (Å²) in [6.45, 7) is -0.224. The van der Waals surface area contributed by atoms with E-state index in [0.717, 1.165) is 0 Å². The van der Waals surface area contributed by atoms with E-state index in [4.69, 9.17) is 16.1 Å². The molecule has 1 rings (SSSR count). The molecule has 0 spiro atoms. The van der Waals surface area contributed by atoms with E-state index in [1.165, 1.54) is 6.07 Å². The lowest BCUT2D eigenvalue weighted by Crippen LogP contribution is -2.13. The van der Waals surface area contributed by atoms with Crippen LogP contribution >= 0.6 is 0 Å². The maximum Gasteiger partial charge on any atom is 0.322 e. The van der Waals surface area contributed by atoms with Crippen molar-refractivity contribution in [1.82, 2.24) is 0 Å². The Kier molecular flexibility index (Phi) is 2.92. The molecule has 4 N–H and O–H groups in total. The molecule has 0 radical (unpaired) electrons. The molecular formula is C9H9N3O2. The second-order valence-electron chi connectivity index (χ2n) is 2.66. The van der Waals surface area contributed by atoms with E-state index < -0.39 is 5.97 Å².